The highest BCUT2D eigenvalue weighted by atomic mass is 35.5. The predicted molar refractivity (Wildman–Crippen MR) is 57.1 cm³/mol. The van der Waals surface area contributed by atoms with Crippen LogP contribution in [-0.2, 0) is 14.3 Å². The van der Waals surface area contributed by atoms with Crippen LogP contribution in [0.15, 0.2) is 0 Å². The molecule has 0 bridgehead atoms. The summed E-state index contributed by atoms with van der Waals surface area (Å²) >= 11 is 5.65. The van der Waals surface area contributed by atoms with Crippen LogP contribution in [0.25, 0.3) is 0 Å². The van der Waals surface area contributed by atoms with E-state index < -0.39 is 35.9 Å². The Morgan fingerprint density at radius 3 is 2.61 bits per heavy atom. The van der Waals surface area contributed by atoms with Gasteiger partial charge >= 0.3 is 12.1 Å². The van der Waals surface area contributed by atoms with Crippen molar-refractivity contribution in [3.8, 4) is 0 Å². The first-order valence-electron chi connectivity index (χ1n) is 5.41. The summed E-state index contributed by atoms with van der Waals surface area (Å²) in [5.41, 5.74) is 0. The van der Waals surface area contributed by atoms with Crippen molar-refractivity contribution in [3.63, 3.8) is 0 Å². The Morgan fingerprint density at radius 1 is 1.61 bits per heavy atom. The third kappa shape index (κ3) is 3.76. The Morgan fingerprint density at radius 2 is 2.22 bits per heavy atom. The highest BCUT2D eigenvalue weighted by Gasteiger charge is 2.49. The molecule has 2 unspecified atom stereocenters. The van der Waals surface area contributed by atoms with Crippen LogP contribution in [0.1, 0.15) is 19.8 Å². The molecular formula is C10H13ClF3NO3. The first-order chi connectivity index (χ1) is 8.25. The third-order valence-electron chi connectivity index (χ3n) is 2.53. The maximum atomic E-state index is 12.8. The number of esters is 1. The monoisotopic (exact) mass is 287 g/mol. The molecule has 1 aliphatic rings. The Kier molecular flexibility index (Phi) is 4.84. The van der Waals surface area contributed by atoms with E-state index in [-0.39, 0.29) is 19.6 Å². The maximum absolute atomic E-state index is 12.8. The lowest BCUT2D eigenvalue weighted by atomic mass is 10.1. The lowest BCUT2D eigenvalue weighted by Crippen LogP contribution is -2.48. The summed E-state index contributed by atoms with van der Waals surface area (Å²) in [6, 6.07) is -2.16. The standard InChI is InChI=1S/C10H13ClF3NO3/c1-2-18-9(17)4-7(10(12,13)14)15-5-6(11)3-8(15)16/h6-7H,2-5H2,1H3. The molecule has 4 nitrogen and oxygen atoms in total. The topological polar surface area (TPSA) is 46.6 Å². The van der Waals surface area contributed by atoms with Gasteiger partial charge in [-0.15, -0.1) is 11.6 Å². The molecule has 18 heavy (non-hydrogen) atoms. The van der Waals surface area contributed by atoms with Gasteiger partial charge in [-0.3, -0.25) is 9.59 Å². The number of rotatable bonds is 4. The van der Waals surface area contributed by atoms with Gasteiger partial charge in [0.15, 0.2) is 0 Å². The van der Waals surface area contributed by atoms with Crippen LogP contribution in [0.5, 0.6) is 0 Å². The molecule has 104 valence electrons. The van der Waals surface area contributed by atoms with E-state index in [1.165, 1.54) is 6.92 Å². The molecule has 0 aromatic carbocycles. The van der Waals surface area contributed by atoms with Crippen molar-refractivity contribution in [1.82, 2.24) is 4.90 Å². The van der Waals surface area contributed by atoms with E-state index in [4.69, 9.17) is 11.6 Å². The molecule has 2 atom stereocenters. The van der Waals surface area contributed by atoms with Gasteiger partial charge in [-0.2, -0.15) is 13.2 Å². The summed E-state index contributed by atoms with van der Waals surface area (Å²) in [6.07, 6.45) is -5.72. The highest BCUT2D eigenvalue weighted by Crippen LogP contribution is 2.31. The average molecular weight is 288 g/mol. The maximum Gasteiger partial charge on any atom is 0.409 e. The van der Waals surface area contributed by atoms with E-state index in [0.29, 0.717) is 4.90 Å². The Hall–Kier alpha value is -0.980. The van der Waals surface area contributed by atoms with Crippen LogP contribution < -0.4 is 0 Å². The molecule has 0 saturated carbocycles. The smallest absolute Gasteiger partial charge is 0.409 e. The zero-order chi connectivity index (χ0) is 13.9. The summed E-state index contributed by atoms with van der Waals surface area (Å²) in [4.78, 5) is 23.2. The molecule has 0 aromatic rings. The molecular weight excluding hydrogens is 275 g/mol. The first-order valence-corrected chi connectivity index (χ1v) is 5.85. The van der Waals surface area contributed by atoms with Crippen molar-refractivity contribution in [2.24, 2.45) is 0 Å². The van der Waals surface area contributed by atoms with E-state index in [9.17, 15) is 22.8 Å². The van der Waals surface area contributed by atoms with Gasteiger partial charge in [-0.25, -0.2) is 0 Å². The molecule has 1 aliphatic heterocycles. The van der Waals surface area contributed by atoms with E-state index in [1.807, 2.05) is 0 Å². The Labute approximate surface area is 107 Å². The van der Waals surface area contributed by atoms with Gasteiger partial charge in [-0.05, 0) is 6.92 Å². The fourth-order valence-corrected chi connectivity index (χ4v) is 2.05. The number of hydrogen-bond donors (Lipinski definition) is 0. The fourth-order valence-electron chi connectivity index (χ4n) is 1.77. The lowest BCUT2D eigenvalue weighted by Gasteiger charge is -2.28. The van der Waals surface area contributed by atoms with Crippen molar-refractivity contribution in [2.75, 3.05) is 13.2 Å². The first kappa shape index (κ1) is 15.1. The quantitative estimate of drug-likeness (QED) is 0.584. The molecule has 0 aromatic heterocycles. The molecule has 1 rings (SSSR count). The zero-order valence-electron chi connectivity index (χ0n) is 9.67. The number of carbonyl (C=O) groups excluding carboxylic acids is 2. The molecule has 1 saturated heterocycles. The van der Waals surface area contributed by atoms with Crippen LogP contribution in [0.2, 0.25) is 0 Å². The number of halogens is 4. The zero-order valence-corrected chi connectivity index (χ0v) is 10.4. The van der Waals surface area contributed by atoms with Crippen LogP contribution in [0.4, 0.5) is 13.2 Å². The third-order valence-corrected chi connectivity index (χ3v) is 2.82. The number of carbonyl (C=O) groups is 2. The van der Waals surface area contributed by atoms with Gasteiger partial charge in [-0.1, -0.05) is 0 Å². The van der Waals surface area contributed by atoms with E-state index in [0.717, 1.165) is 0 Å². The second-order valence-corrected chi connectivity index (χ2v) is 4.53. The minimum Gasteiger partial charge on any atom is -0.466 e. The van der Waals surface area contributed by atoms with Crippen molar-refractivity contribution >= 4 is 23.5 Å². The number of alkyl halides is 4. The molecule has 8 heteroatoms. The van der Waals surface area contributed by atoms with Crippen molar-refractivity contribution < 1.29 is 27.5 Å². The van der Waals surface area contributed by atoms with Gasteiger partial charge in [0.2, 0.25) is 5.91 Å². The van der Waals surface area contributed by atoms with E-state index in [1.54, 1.807) is 0 Å². The molecule has 0 spiro atoms. The van der Waals surface area contributed by atoms with Gasteiger partial charge in [0.1, 0.15) is 6.04 Å². The summed E-state index contributed by atoms with van der Waals surface area (Å²) in [6.45, 7) is 1.29. The summed E-state index contributed by atoms with van der Waals surface area (Å²) in [5.74, 6) is -1.67. The van der Waals surface area contributed by atoms with Crippen LogP contribution in [-0.4, -0.2) is 47.5 Å². The van der Waals surface area contributed by atoms with Crippen LogP contribution in [0.3, 0.4) is 0 Å². The lowest BCUT2D eigenvalue weighted by molar-refractivity contribution is -0.192. The highest BCUT2D eigenvalue weighted by molar-refractivity contribution is 6.22. The number of hydrogen-bond acceptors (Lipinski definition) is 3. The minimum absolute atomic E-state index is 0.00448. The number of nitrogens with zero attached hydrogens (tertiary/aromatic N) is 1. The number of amides is 1. The summed E-state index contributed by atoms with van der Waals surface area (Å²) < 4.78 is 43.0. The van der Waals surface area contributed by atoms with E-state index in [2.05, 4.69) is 4.74 Å². The van der Waals surface area contributed by atoms with Crippen molar-refractivity contribution in [1.29, 1.82) is 0 Å². The predicted octanol–water partition coefficient (Wildman–Crippen LogP) is 1.71. The molecule has 0 N–H and O–H groups in total. The van der Waals surface area contributed by atoms with Crippen LogP contribution in [0, 0.1) is 0 Å². The number of ether oxygens (including phenoxy) is 1. The van der Waals surface area contributed by atoms with Gasteiger partial charge < -0.3 is 9.64 Å². The van der Waals surface area contributed by atoms with Gasteiger partial charge in [0, 0.05) is 13.0 Å². The normalized spacial score (nSPS) is 22.2. The molecule has 1 heterocycles. The second-order valence-electron chi connectivity index (χ2n) is 3.91. The van der Waals surface area contributed by atoms with Crippen molar-refractivity contribution in [2.45, 2.75) is 37.4 Å². The average Bonchev–Trinajstić information content (AvgIpc) is 2.53. The molecule has 0 aliphatic carbocycles. The largest absolute Gasteiger partial charge is 0.466 e. The molecule has 0 radical (unpaired) electrons. The number of likely N-dealkylation sites (tertiary alicyclic amines) is 1. The Balaban J connectivity index is 2.79. The fraction of sp³-hybridized carbons (Fsp3) is 0.800. The molecule has 1 amide bonds. The van der Waals surface area contributed by atoms with Crippen LogP contribution >= 0.6 is 11.6 Å². The van der Waals surface area contributed by atoms with Gasteiger partial charge in [0.05, 0.1) is 18.4 Å². The minimum atomic E-state index is -4.68. The van der Waals surface area contributed by atoms with Crippen molar-refractivity contribution in [3.05, 3.63) is 0 Å². The molecule has 1 fully saturated rings. The van der Waals surface area contributed by atoms with E-state index >= 15 is 0 Å². The SMILES string of the molecule is CCOC(=O)CC(N1CC(Cl)CC1=O)C(F)(F)F. The second kappa shape index (κ2) is 5.77. The summed E-state index contributed by atoms with van der Waals surface area (Å²) in [5, 5.41) is -0.649. The van der Waals surface area contributed by atoms with Gasteiger partial charge in [0.25, 0.3) is 0 Å². The Bertz CT molecular complexity index is 335. The summed E-state index contributed by atoms with van der Waals surface area (Å²) in [7, 11) is 0.